The molecular weight excluding hydrogens is 122 g/mol. The molecule has 0 spiro atoms. The molecule has 1 fully saturated rings. The normalized spacial score (nSPS) is 24.1. The van der Waals surface area contributed by atoms with Gasteiger partial charge in [0.15, 0.2) is 5.17 Å². The predicted octanol–water partition coefficient (Wildman–Crippen LogP) is 0.286. The van der Waals surface area contributed by atoms with E-state index in [0.29, 0.717) is 5.84 Å². The van der Waals surface area contributed by atoms with Crippen LogP contribution in [0.5, 0.6) is 0 Å². The van der Waals surface area contributed by atoms with E-state index in [1.54, 1.807) is 18.8 Å². The van der Waals surface area contributed by atoms with Gasteiger partial charge in [0.2, 0.25) is 0 Å². The second-order valence-corrected chi connectivity index (χ2v) is 2.39. The lowest BCUT2D eigenvalue weighted by atomic mass is 10.7. The molecule has 1 aliphatic heterocycles. The molecule has 0 atom stereocenters. The van der Waals surface area contributed by atoms with Crippen LogP contribution in [0.1, 0.15) is 0 Å². The number of hydrogen-bond donors (Lipinski definition) is 2. The summed E-state index contributed by atoms with van der Waals surface area (Å²) in [5, 5.41) is 10.7. The van der Waals surface area contributed by atoms with Crippen molar-refractivity contribution in [2.45, 2.75) is 0 Å². The Morgan fingerprint density at radius 1 is 1.88 bits per heavy atom. The van der Waals surface area contributed by atoms with Gasteiger partial charge in [-0.05, 0) is 0 Å². The number of nitrogens with zero attached hydrogens (tertiary/aromatic N) is 1. The van der Waals surface area contributed by atoms with Gasteiger partial charge in [-0.2, -0.15) is 0 Å². The van der Waals surface area contributed by atoms with Crippen molar-refractivity contribution in [2.24, 2.45) is 4.99 Å². The van der Waals surface area contributed by atoms with Crippen LogP contribution >= 0.6 is 11.8 Å². The van der Waals surface area contributed by atoms with Crippen LogP contribution in [0, 0.1) is 5.41 Å². The molecule has 0 saturated carbocycles. The predicted molar refractivity (Wildman–Crippen MR) is 36.7 cm³/mol. The zero-order valence-electron chi connectivity index (χ0n) is 4.56. The zero-order valence-corrected chi connectivity index (χ0v) is 5.38. The molecule has 1 rings (SSSR count). The van der Waals surface area contributed by atoms with Crippen molar-refractivity contribution in [1.29, 1.82) is 5.41 Å². The molecule has 1 aliphatic rings. The molecule has 4 heteroatoms. The van der Waals surface area contributed by atoms with E-state index in [1.807, 2.05) is 0 Å². The maximum Gasteiger partial charge on any atom is 0.162 e. The Morgan fingerprint density at radius 3 is 2.88 bits per heavy atom. The lowest BCUT2D eigenvalue weighted by Gasteiger charge is -1.89. The van der Waals surface area contributed by atoms with Gasteiger partial charge in [-0.15, -0.1) is 0 Å². The van der Waals surface area contributed by atoms with Crippen molar-refractivity contribution in [3.63, 3.8) is 0 Å². The molecule has 1 heterocycles. The van der Waals surface area contributed by atoms with Crippen molar-refractivity contribution < 1.29 is 0 Å². The third-order valence-electron chi connectivity index (χ3n) is 0.814. The van der Waals surface area contributed by atoms with E-state index in [4.69, 9.17) is 5.41 Å². The van der Waals surface area contributed by atoms with Crippen molar-refractivity contribution in [1.82, 2.24) is 5.32 Å². The fourth-order valence-corrected chi connectivity index (χ4v) is 1.14. The lowest BCUT2D eigenvalue weighted by molar-refractivity contribution is 1.29. The number of aliphatic imine (C=N–C) groups is 1. The van der Waals surface area contributed by atoms with Gasteiger partial charge in [-0.3, -0.25) is 10.4 Å². The van der Waals surface area contributed by atoms with E-state index >= 15 is 0 Å². The largest absolute Gasteiger partial charge is 0.323 e. The van der Waals surface area contributed by atoms with Crippen LogP contribution in [0.15, 0.2) is 4.99 Å². The highest BCUT2D eigenvalue weighted by Gasteiger charge is 2.10. The van der Waals surface area contributed by atoms with Crippen molar-refractivity contribution in [3.05, 3.63) is 0 Å². The summed E-state index contributed by atoms with van der Waals surface area (Å²) in [7, 11) is 1.72. The van der Waals surface area contributed by atoms with Crippen LogP contribution in [-0.2, 0) is 0 Å². The number of nitrogens with one attached hydrogen (secondary N) is 2. The minimum Gasteiger partial charge on any atom is -0.323 e. The van der Waals surface area contributed by atoms with E-state index in [9.17, 15) is 0 Å². The smallest absolute Gasteiger partial charge is 0.162 e. The maximum absolute atomic E-state index is 7.07. The summed E-state index contributed by atoms with van der Waals surface area (Å²) in [6.45, 7) is 0. The van der Waals surface area contributed by atoms with Crippen LogP contribution in [0.3, 0.4) is 0 Å². The second kappa shape index (κ2) is 2.17. The summed E-state index contributed by atoms with van der Waals surface area (Å²) in [5.74, 6) is 1.29. The molecule has 8 heavy (non-hydrogen) atoms. The first-order valence-electron chi connectivity index (χ1n) is 2.27. The molecule has 1 saturated heterocycles. The van der Waals surface area contributed by atoms with Gasteiger partial charge in [-0.25, -0.2) is 0 Å². The summed E-state index contributed by atoms with van der Waals surface area (Å²) in [6.07, 6.45) is 0. The van der Waals surface area contributed by atoms with Gasteiger partial charge >= 0.3 is 0 Å². The monoisotopic (exact) mass is 129 g/mol. The minimum absolute atomic E-state index is 0.551. The Morgan fingerprint density at radius 2 is 2.62 bits per heavy atom. The summed E-state index contributed by atoms with van der Waals surface area (Å²) < 4.78 is 0. The van der Waals surface area contributed by atoms with Gasteiger partial charge in [-0.1, -0.05) is 11.8 Å². The minimum atomic E-state index is 0.551. The Labute approximate surface area is 52.1 Å². The molecule has 2 N–H and O–H groups in total. The highest BCUT2D eigenvalue weighted by molar-refractivity contribution is 8.15. The molecular formula is C4H7N3S. The molecule has 0 aliphatic carbocycles. The molecule has 0 aromatic rings. The first-order valence-corrected chi connectivity index (χ1v) is 3.25. The summed E-state index contributed by atoms with van der Waals surface area (Å²) in [6, 6.07) is 0. The van der Waals surface area contributed by atoms with E-state index in [0.717, 1.165) is 10.9 Å². The number of hydrogen-bond acceptors (Lipinski definition) is 3. The lowest BCUT2D eigenvalue weighted by Crippen LogP contribution is -2.19. The Bertz CT molecular complexity index is 140. The van der Waals surface area contributed by atoms with Crippen LogP contribution in [0.25, 0.3) is 0 Å². The topological polar surface area (TPSA) is 48.2 Å². The molecule has 0 aromatic heterocycles. The Kier molecular flexibility index (Phi) is 1.53. The number of amidine groups is 2. The molecule has 0 unspecified atom stereocenters. The quantitative estimate of drug-likeness (QED) is 0.493. The van der Waals surface area contributed by atoms with Crippen LogP contribution < -0.4 is 5.32 Å². The zero-order chi connectivity index (χ0) is 5.98. The first kappa shape index (κ1) is 5.62. The molecule has 0 bridgehead atoms. The highest BCUT2D eigenvalue weighted by Crippen LogP contribution is 2.07. The summed E-state index contributed by atoms with van der Waals surface area (Å²) >= 11 is 1.56. The second-order valence-electron chi connectivity index (χ2n) is 1.42. The highest BCUT2D eigenvalue weighted by atomic mass is 32.2. The first-order chi connectivity index (χ1) is 3.83. The average Bonchev–Trinajstić information content (AvgIpc) is 2.14. The Balaban J connectivity index is 2.56. The number of rotatable bonds is 0. The number of thioether (sulfide) groups is 1. The maximum atomic E-state index is 7.07. The molecule has 0 amide bonds. The van der Waals surface area contributed by atoms with Gasteiger partial charge in [0.1, 0.15) is 5.84 Å². The SMILES string of the molecule is CN=C1NC(=N)CS1. The van der Waals surface area contributed by atoms with Gasteiger partial charge in [0, 0.05) is 7.05 Å². The van der Waals surface area contributed by atoms with Gasteiger partial charge in [0.05, 0.1) is 5.75 Å². The van der Waals surface area contributed by atoms with E-state index in [1.165, 1.54) is 0 Å². The third-order valence-corrected chi connectivity index (χ3v) is 1.81. The van der Waals surface area contributed by atoms with Crippen LogP contribution in [-0.4, -0.2) is 23.8 Å². The summed E-state index contributed by atoms with van der Waals surface area (Å²) in [4.78, 5) is 3.87. The fraction of sp³-hybridized carbons (Fsp3) is 0.500. The van der Waals surface area contributed by atoms with E-state index < -0.39 is 0 Å². The van der Waals surface area contributed by atoms with E-state index in [-0.39, 0.29) is 0 Å². The van der Waals surface area contributed by atoms with Crippen molar-refractivity contribution in [2.75, 3.05) is 12.8 Å². The van der Waals surface area contributed by atoms with Crippen molar-refractivity contribution in [3.8, 4) is 0 Å². The Hall–Kier alpha value is -0.510. The third kappa shape index (κ3) is 1.01. The standard InChI is InChI=1S/C4H7N3S/c1-6-4-7-3(5)2-8-4/h2H2,1H3,(H2,5,6,7). The van der Waals surface area contributed by atoms with Crippen LogP contribution in [0.2, 0.25) is 0 Å². The van der Waals surface area contributed by atoms with Gasteiger partial charge < -0.3 is 5.32 Å². The molecule has 0 aromatic carbocycles. The molecule has 0 radical (unpaired) electrons. The van der Waals surface area contributed by atoms with E-state index in [2.05, 4.69) is 10.3 Å². The average molecular weight is 129 g/mol. The van der Waals surface area contributed by atoms with Gasteiger partial charge in [0.25, 0.3) is 0 Å². The fourth-order valence-electron chi connectivity index (χ4n) is 0.462. The summed E-state index contributed by atoms with van der Waals surface area (Å²) in [5.41, 5.74) is 0. The van der Waals surface area contributed by atoms with Crippen molar-refractivity contribution >= 4 is 22.8 Å². The molecule has 3 nitrogen and oxygen atoms in total. The molecule has 44 valence electrons. The van der Waals surface area contributed by atoms with Crippen LogP contribution in [0.4, 0.5) is 0 Å².